The third kappa shape index (κ3) is 3.56. The van der Waals surface area contributed by atoms with Crippen molar-refractivity contribution < 1.29 is 4.79 Å². The second-order valence-electron chi connectivity index (χ2n) is 3.69. The summed E-state index contributed by atoms with van der Waals surface area (Å²) < 4.78 is 1.05. The van der Waals surface area contributed by atoms with Gasteiger partial charge in [-0.2, -0.15) is 0 Å². The van der Waals surface area contributed by atoms with Crippen LogP contribution in [0.2, 0.25) is 0 Å². The Morgan fingerprint density at radius 2 is 1.65 bits per heavy atom. The summed E-state index contributed by atoms with van der Waals surface area (Å²) in [6, 6.07) is 17.5. The predicted molar refractivity (Wildman–Crippen MR) is 77.9 cm³/mol. The standard InChI is InChI=1S/C14H12INO/c15-12-8-4-5-9-13(12)16-14(17)10-11-6-2-1-3-7-11/h1-9H,10H2,(H,16,17). The summed E-state index contributed by atoms with van der Waals surface area (Å²) in [5.41, 5.74) is 1.89. The zero-order chi connectivity index (χ0) is 12.1. The fraction of sp³-hybridized carbons (Fsp3) is 0.0714. The molecule has 0 atom stereocenters. The second-order valence-corrected chi connectivity index (χ2v) is 4.85. The predicted octanol–water partition coefficient (Wildman–Crippen LogP) is 3.47. The second kappa shape index (κ2) is 5.82. The largest absolute Gasteiger partial charge is 0.325 e. The Labute approximate surface area is 114 Å². The molecule has 1 N–H and O–H groups in total. The molecule has 0 heterocycles. The number of para-hydroxylation sites is 1. The molecule has 17 heavy (non-hydrogen) atoms. The normalized spacial score (nSPS) is 9.94. The third-order valence-electron chi connectivity index (χ3n) is 2.36. The zero-order valence-electron chi connectivity index (χ0n) is 9.19. The molecule has 0 fully saturated rings. The van der Waals surface area contributed by atoms with Crippen molar-refractivity contribution in [3.8, 4) is 0 Å². The quantitative estimate of drug-likeness (QED) is 0.854. The number of hydrogen-bond acceptors (Lipinski definition) is 1. The van der Waals surface area contributed by atoms with Crippen LogP contribution in [-0.4, -0.2) is 5.91 Å². The van der Waals surface area contributed by atoms with Crippen molar-refractivity contribution in [3.63, 3.8) is 0 Å². The molecule has 0 aliphatic carbocycles. The summed E-state index contributed by atoms with van der Waals surface area (Å²) in [4.78, 5) is 11.8. The van der Waals surface area contributed by atoms with Crippen LogP contribution in [0, 0.1) is 3.57 Å². The van der Waals surface area contributed by atoms with Crippen molar-refractivity contribution in [2.75, 3.05) is 5.32 Å². The van der Waals surface area contributed by atoms with Gasteiger partial charge >= 0.3 is 0 Å². The highest BCUT2D eigenvalue weighted by atomic mass is 127. The first-order chi connectivity index (χ1) is 8.25. The topological polar surface area (TPSA) is 29.1 Å². The molecule has 0 saturated heterocycles. The van der Waals surface area contributed by atoms with E-state index in [0.717, 1.165) is 14.8 Å². The van der Waals surface area contributed by atoms with E-state index in [2.05, 4.69) is 27.9 Å². The number of carbonyl (C=O) groups is 1. The van der Waals surface area contributed by atoms with Crippen molar-refractivity contribution in [1.82, 2.24) is 0 Å². The number of halogens is 1. The van der Waals surface area contributed by atoms with Crippen LogP contribution in [0.25, 0.3) is 0 Å². The molecule has 0 saturated carbocycles. The van der Waals surface area contributed by atoms with Gasteiger partial charge in [-0.25, -0.2) is 0 Å². The smallest absolute Gasteiger partial charge is 0.228 e. The summed E-state index contributed by atoms with van der Waals surface area (Å²) in [7, 11) is 0. The van der Waals surface area contributed by atoms with Crippen molar-refractivity contribution in [1.29, 1.82) is 0 Å². The molecule has 0 aliphatic rings. The van der Waals surface area contributed by atoms with Gasteiger partial charge in [0, 0.05) is 3.57 Å². The van der Waals surface area contributed by atoms with Gasteiger partial charge < -0.3 is 5.32 Å². The van der Waals surface area contributed by atoms with Gasteiger partial charge in [0.05, 0.1) is 12.1 Å². The van der Waals surface area contributed by atoms with Crippen molar-refractivity contribution in [2.24, 2.45) is 0 Å². The molecule has 2 aromatic rings. The lowest BCUT2D eigenvalue weighted by Crippen LogP contribution is -2.15. The summed E-state index contributed by atoms with van der Waals surface area (Å²) in [5, 5.41) is 2.91. The number of anilines is 1. The number of amides is 1. The minimum absolute atomic E-state index is 0.0142. The average Bonchev–Trinajstić information content (AvgIpc) is 2.33. The lowest BCUT2D eigenvalue weighted by molar-refractivity contribution is -0.115. The number of hydrogen-bond donors (Lipinski definition) is 1. The zero-order valence-corrected chi connectivity index (χ0v) is 11.3. The minimum Gasteiger partial charge on any atom is -0.325 e. The van der Waals surface area contributed by atoms with Gasteiger partial charge in [0.25, 0.3) is 0 Å². The first kappa shape index (κ1) is 12.1. The van der Waals surface area contributed by atoms with Crippen molar-refractivity contribution in [3.05, 3.63) is 63.7 Å². The molecule has 2 aromatic carbocycles. The summed E-state index contributed by atoms with van der Waals surface area (Å²) in [6.45, 7) is 0. The van der Waals surface area contributed by atoms with Crippen LogP contribution in [0.4, 0.5) is 5.69 Å². The van der Waals surface area contributed by atoms with Gasteiger partial charge in [-0.15, -0.1) is 0 Å². The van der Waals surface area contributed by atoms with Gasteiger partial charge in [-0.05, 0) is 40.3 Å². The van der Waals surface area contributed by atoms with Gasteiger partial charge in [0.1, 0.15) is 0 Å². The molecule has 2 rings (SSSR count). The molecule has 0 radical (unpaired) electrons. The fourth-order valence-electron chi connectivity index (χ4n) is 1.54. The lowest BCUT2D eigenvalue weighted by Gasteiger charge is -2.07. The maximum absolute atomic E-state index is 11.8. The molecule has 0 aliphatic heterocycles. The van der Waals surface area contributed by atoms with Crippen LogP contribution >= 0.6 is 22.6 Å². The summed E-state index contributed by atoms with van der Waals surface area (Å²) >= 11 is 2.21. The van der Waals surface area contributed by atoms with Crippen LogP contribution in [0.1, 0.15) is 5.56 Å². The van der Waals surface area contributed by atoms with Gasteiger partial charge in [-0.3, -0.25) is 4.79 Å². The molecular weight excluding hydrogens is 325 g/mol. The van der Waals surface area contributed by atoms with Gasteiger partial charge in [0.2, 0.25) is 5.91 Å². The van der Waals surface area contributed by atoms with E-state index < -0.39 is 0 Å². The Morgan fingerprint density at radius 1 is 1.00 bits per heavy atom. The van der Waals surface area contributed by atoms with Crippen LogP contribution in [0.3, 0.4) is 0 Å². The summed E-state index contributed by atoms with van der Waals surface area (Å²) in [5.74, 6) is 0.0142. The van der Waals surface area contributed by atoms with E-state index in [1.807, 2.05) is 54.6 Å². The van der Waals surface area contributed by atoms with E-state index in [4.69, 9.17) is 0 Å². The lowest BCUT2D eigenvalue weighted by atomic mass is 10.1. The van der Waals surface area contributed by atoms with Gasteiger partial charge in [-0.1, -0.05) is 42.5 Å². The van der Waals surface area contributed by atoms with E-state index in [1.165, 1.54) is 0 Å². The maximum atomic E-state index is 11.8. The third-order valence-corrected chi connectivity index (χ3v) is 3.30. The first-order valence-corrected chi connectivity index (χ1v) is 6.42. The van der Waals surface area contributed by atoms with E-state index >= 15 is 0 Å². The SMILES string of the molecule is O=C(Cc1ccccc1)Nc1ccccc1I. The van der Waals surface area contributed by atoms with E-state index in [9.17, 15) is 4.79 Å². The highest BCUT2D eigenvalue weighted by Crippen LogP contribution is 2.17. The average molecular weight is 337 g/mol. The number of rotatable bonds is 3. The Hall–Kier alpha value is -1.36. The number of benzene rings is 2. The molecule has 1 amide bonds. The van der Waals surface area contributed by atoms with Gasteiger partial charge in [0.15, 0.2) is 0 Å². The molecule has 0 aromatic heterocycles. The van der Waals surface area contributed by atoms with E-state index in [1.54, 1.807) is 0 Å². The molecule has 2 nitrogen and oxygen atoms in total. The Morgan fingerprint density at radius 3 is 2.35 bits per heavy atom. The maximum Gasteiger partial charge on any atom is 0.228 e. The minimum atomic E-state index is 0.0142. The van der Waals surface area contributed by atoms with E-state index in [-0.39, 0.29) is 5.91 Å². The first-order valence-electron chi connectivity index (χ1n) is 5.34. The van der Waals surface area contributed by atoms with Crippen LogP contribution < -0.4 is 5.32 Å². The Balaban J connectivity index is 2.01. The Kier molecular flexibility index (Phi) is 4.14. The van der Waals surface area contributed by atoms with Crippen LogP contribution in [0.15, 0.2) is 54.6 Å². The monoisotopic (exact) mass is 337 g/mol. The Bertz CT molecular complexity index is 511. The highest BCUT2D eigenvalue weighted by Gasteiger charge is 2.05. The molecule has 0 unspecified atom stereocenters. The fourth-order valence-corrected chi connectivity index (χ4v) is 2.06. The molecule has 86 valence electrons. The molecule has 3 heteroatoms. The molecule has 0 bridgehead atoms. The van der Waals surface area contributed by atoms with E-state index in [0.29, 0.717) is 6.42 Å². The summed E-state index contributed by atoms with van der Waals surface area (Å²) in [6.07, 6.45) is 0.409. The number of nitrogens with one attached hydrogen (secondary N) is 1. The van der Waals surface area contributed by atoms with Crippen LogP contribution in [0.5, 0.6) is 0 Å². The van der Waals surface area contributed by atoms with Crippen LogP contribution in [-0.2, 0) is 11.2 Å². The number of carbonyl (C=O) groups excluding carboxylic acids is 1. The van der Waals surface area contributed by atoms with Crippen molar-refractivity contribution in [2.45, 2.75) is 6.42 Å². The highest BCUT2D eigenvalue weighted by molar-refractivity contribution is 14.1. The van der Waals surface area contributed by atoms with Crippen molar-refractivity contribution >= 4 is 34.2 Å². The molecule has 0 spiro atoms. The molecular formula is C14H12INO.